The Hall–Kier alpha value is -1.61. The second-order valence-corrected chi connectivity index (χ2v) is 5.60. The maximum absolute atomic E-state index is 6.33. The molecule has 0 saturated heterocycles. The molecular weight excluding hydrogens is 270 g/mol. The van der Waals surface area contributed by atoms with E-state index in [1.165, 1.54) is 12.8 Å². The van der Waals surface area contributed by atoms with E-state index in [4.69, 9.17) is 16.6 Å². The van der Waals surface area contributed by atoms with Crippen LogP contribution in [-0.4, -0.2) is 16.5 Å². The van der Waals surface area contributed by atoms with Crippen molar-refractivity contribution in [1.29, 1.82) is 0 Å². The molecule has 0 aliphatic heterocycles. The average molecular weight is 288 g/mol. The Balaban J connectivity index is 2.15. The van der Waals surface area contributed by atoms with Gasteiger partial charge in [0.1, 0.15) is 11.6 Å². The lowest BCUT2D eigenvalue weighted by molar-refractivity contribution is 0.918. The van der Waals surface area contributed by atoms with Crippen LogP contribution in [0.4, 0.5) is 5.82 Å². The van der Waals surface area contributed by atoms with Crippen molar-refractivity contribution in [3.8, 4) is 11.3 Å². The summed E-state index contributed by atoms with van der Waals surface area (Å²) in [7, 11) is 0. The van der Waals surface area contributed by atoms with Crippen molar-refractivity contribution >= 4 is 17.4 Å². The summed E-state index contributed by atoms with van der Waals surface area (Å²) in [5.41, 5.74) is 2.99. The van der Waals surface area contributed by atoms with Gasteiger partial charge < -0.3 is 5.32 Å². The van der Waals surface area contributed by atoms with E-state index in [1.807, 2.05) is 31.2 Å². The van der Waals surface area contributed by atoms with Crippen LogP contribution in [0.3, 0.4) is 0 Å². The van der Waals surface area contributed by atoms with Crippen molar-refractivity contribution in [2.45, 2.75) is 32.6 Å². The minimum atomic E-state index is 0.522. The molecule has 4 heteroatoms. The third-order valence-electron chi connectivity index (χ3n) is 3.58. The van der Waals surface area contributed by atoms with Gasteiger partial charge in [0.15, 0.2) is 0 Å². The molecule has 104 valence electrons. The van der Waals surface area contributed by atoms with Crippen LogP contribution in [0.5, 0.6) is 0 Å². The lowest BCUT2D eigenvalue weighted by Crippen LogP contribution is -2.07. The van der Waals surface area contributed by atoms with Crippen LogP contribution < -0.4 is 5.32 Å². The number of halogens is 1. The molecule has 1 aromatic carbocycles. The molecule has 0 radical (unpaired) electrons. The quantitative estimate of drug-likeness (QED) is 0.905. The summed E-state index contributed by atoms with van der Waals surface area (Å²) in [4.78, 5) is 9.45. The van der Waals surface area contributed by atoms with Crippen molar-refractivity contribution in [2.75, 3.05) is 11.9 Å². The Kier molecular flexibility index (Phi) is 3.62. The lowest BCUT2D eigenvalue weighted by Gasteiger charge is -2.14. The fourth-order valence-corrected chi connectivity index (χ4v) is 2.54. The van der Waals surface area contributed by atoms with E-state index in [9.17, 15) is 0 Å². The predicted octanol–water partition coefficient (Wildman–Crippen LogP) is 4.41. The minimum Gasteiger partial charge on any atom is -0.370 e. The van der Waals surface area contributed by atoms with Crippen LogP contribution in [-0.2, 0) is 0 Å². The Morgan fingerprint density at radius 1 is 1.25 bits per heavy atom. The molecule has 20 heavy (non-hydrogen) atoms. The number of nitrogens with zero attached hydrogens (tertiary/aromatic N) is 2. The van der Waals surface area contributed by atoms with Crippen molar-refractivity contribution < 1.29 is 0 Å². The summed E-state index contributed by atoms with van der Waals surface area (Å²) in [5, 5.41) is 4.07. The van der Waals surface area contributed by atoms with E-state index in [-0.39, 0.29) is 0 Å². The molecule has 0 amide bonds. The van der Waals surface area contributed by atoms with Gasteiger partial charge in [0.05, 0.1) is 5.69 Å². The number of hydrogen-bond acceptors (Lipinski definition) is 3. The molecule has 0 spiro atoms. The summed E-state index contributed by atoms with van der Waals surface area (Å²) in [6.45, 7) is 4.98. The monoisotopic (exact) mass is 287 g/mol. The topological polar surface area (TPSA) is 37.8 Å². The zero-order valence-corrected chi connectivity index (χ0v) is 12.5. The maximum atomic E-state index is 6.33. The summed E-state index contributed by atoms with van der Waals surface area (Å²) in [6, 6.07) is 7.86. The normalized spacial score (nSPS) is 14.3. The van der Waals surface area contributed by atoms with Gasteiger partial charge in [-0.25, -0.2) is 9.97 Å². The summed E-state index contributed by atoms with van der Waals surface area (Å²) in [5.74, 6) is 2.40. The molecule has 2 aromatic rings. The SMILES string of the molecule is CCNc1nc(C2CC2)nc(-c2ccccc2Cl)c1C. The maximum Gasteiger partial charge on any atom is 0.134 e. The van der Waals surface area contributed by atoms with Gasteiger partial charge in [0.2, 0.25) is 0 Å². The second-order valence-electron chi connectivity index (χ2n) is 5.19. The number of rotatable bonds is 4. The first-order chi connectivity index (χ1) is 9.70. The zero-order valence-electron chi connectivity index (χ0n) is 11.8. The number of anilines is 1. The molecule has 1 aliphatic carbocycles. The van der Waals surface area contributed by atoms with Crippen LogP contribution in [0, 0.1) is 6.92 Å². The van der Waals surface area contributed by atoms with Gasteiger partial charge >= 0.3 is 0 Å². The highest BCUT2D eigenvalue weighted by Gasteiger charge is 2.28. The summed E-state index contributed by atoms with van der Waals surface area (Å²) < 4.78 is 0. The number of hydrogen-bond donors (Lipinski definition) is 1. The predicted molar refractivity (Wildman–Crippen MR) is 83.4 cm³/mol. The molecule has 0 unspecified atom stereocenters. The Bertz CT molecular complexity index is 636. The highest BCUT2D eigenvalue weighted by molar-refractivity contribution is 6.33. The molecule has 1 N–H and O–H groups in total. The van der Waals surface area contributed by atoms with Gasteiger partial charge in [-0.05, 0) is 32.8 Å². The van der Waals surface area contributed by atoms with Gasteiger partial charge in [-0.2, -0.15) is 0 Å². The summed E-state index contributed by atoms with van der Waals surface area (Å²) >= 11 is 6.33. The van der Waals surface area contributed by atoms with E-state index in [0.29, 0.717) is 5.92 Å². The van der Waals surface area contributed by atoms with Gasteiger partial charge in [-0.1, -0.05) is 29.8 Å². The lowest BCUT2D eigenvalue weighted by atomic mass is 10.1. The largest absolute Gasteiger partial charge is 0.370 e. The fraction of sp³-hybridized carbons (Fsp3) is 0.375. The first-order valence-electron chi connectivity index (χ1n) is 7.08. The number of benzene rings is 1. The van der Waals surface area contributed by atoms with Crippen molar-refractivity contribution in [3.63, 3.8) is 0 Å². The number of nitrogens with one attached hydrogen (secondary N) is 1. The molecule has 1 aliphatic rings. The Morgan fingerprint density at radius 3 is 2.65 bits per heavy atom. The molecule has 0 atom stereocenters. The standard InChI is InChI=1S/C16H18ClN3/c1-3-18-15-10(2)14(12-6-4-5-7-13(12)17)19-16(20-15)11-8-9-11/h4-7,11H,3,8-9H2,1-2H3,(H,18,19,20). The van der Waals surface area contributed by atoms with E-state index in [1.54, 1.807) is 0 Å². The third kappa shape index (κ3) is 2.50. The van der Waals surface area contributed by atoms with Crippen molar-refractivity contribution in [1.82, 2.24) is 9.97 Å². The Labute approximate surface area is 124 Å². The van der Waals surface area contributed by atoms with Crippen LogP contribution in [0.1, 0.15) is 37.1 Å². The van der Waals surface area contributed by atoms with Gasteiger partial charge in [-0.15, -0.1) is 0 Å². The molecule has 1 saturated carbocycles. The van der Waals surface area contributed by atoms with Crippen LogP contribution in [0.2, 0.25) is 5.02 Å². The van der Waals surface area contributed by atoms with E-state index < -0.39 is 0 Å². The Morgan fingerprint density at radius 2 is 2.00 bits per heavy atom. The van der Waals surface area contributed by atoms with Gasteiger partial charge in [0.25, 0.3) is 0 Å². The van der Waals surface area contributed by atoms with Gasteiger partial charge in [-0.3, -0.25) is 0 Å². The molecule has 3 rings (SSSR count). The first-order valence-corrected chi connectivity index (χ1v) is 7.45. The molecule has 0 bridgehead atoms. The van der Waals surface area contributed by atoms with Gasteiger partial charge in [0, 0.05) is 28.6 Å². The average Bonchev–Trinajstić information content (AvgIpc) is 3.27. The van der Waals surface area contributed by atoms with Crippen LogP contribution in [0.25, 0.3) is 11.3 Å². The zero-order chi connectivity index (χ0) is 14.1. The number of aromatic nitrogens is 2. The fourth-order valence-electron chi connectivity index (χ4n) is 2.31. The van der Waals surface area contributed by atoms with Crippen molar-refractivity contribution in [3.05, 3.63) is 40.7 Å². The van der Waals surface area contributed by atoms with Crippen molar-refractivity contribution in [2.24, 2.45) is 0 Å². The molecule has 1 heterocycles. The van der Waals surface area contributed by atoms with E-state index in [2.05, 4.69) is 17.2 Å². The minimum absolute atomic E-state index is 0.522. The van der Waals surface area contributed by atoms with E-state index >= 15 is 0 Å². The van der Waals surface area contributed by atoms with E-state index in [0.717, 1.165) is 40.0 Å². The van der Waals surface area contributed by atoms with Crippen LogP contribution in [0.15, 0.2) is 24.3 Å². The highest BCUT2D eigenvalue weighted by Crippen LogP contribution is 2.40. The molecule has 3 nitrogen and oxygen atoms in total. The highest BCUT2D eigenvalue weighted by atomic mass is 35.5. The summed E-state index contributed by atoms with van der Waals surface area (Å²) in [6.07, 6.45) is 2.38. The molecule has 1 fully saturated rings. The smallest absolute Gasteiger partial charge is 0.134 e. The molecular formula is C16H18ClN3. The first kappa shape index (κ1) is 13.4. The molecule has 1 aromatic heterocycles. The third-order valence-corrected chi connectivity index (χ3v) is 3.91. The second kappa shape index (κ2) is 5.41. The van der Waals surface area contributed by atoms with Crippen LogP contribution >= 0.6 is 11.6 Å².